The summed E-state index contributed by atoms with van der Waals surface area (Å²) in [5.41, 5.74) is 17.7. The number of H-pyrrole nitrogens is 2. The average Bonchev–Trinajstić information content (AvgIpc) is 4.18. The molecule has 0 radical (unpaired) electrons. The monoisotopic (exact) mass is 981 g/mol. The summed E-state index contributed by atoms with van der Waals surface area (Å²) in [7, 11) is 4.07. The van der Waals surface area contributed by atoms with Gasteiger partial charge in [-0.1, -0.05) is 137 Å². The van der Waals surface area contributed by atoms with Crippen LogP contribution in [0.3, 0.4) is 0 Å². The van der Waals surface area contributed by atoms with Crippen LogP contribution >= 0.6 is 11.3 Å². The van der Waals surface area contributed by atoms with Gasteiger partial charge in [0.05, 0.1) is 49.9 Å². The van der Waals surface area contributed by atoms with Crippen LogP contribution in [0.15, 0.2) is 91.1 Å². The highest BCUT2D eigenvalue weighted by Crippen LogP contribution is 2.40. The molecule has 9 nitrogen and oxygen atoms in total. The van der Waals surface area contributed by atoms with E-state index in [1.54, 1.807) is 0 Å². The van der Waals surface area contributed by atoms with Gasteiger partial charge in [0.15, 0.2) is 5.01 Å². The number of aromatic nitrogens is 5. The van der Waals surface area contributed by atoms with E-state index in [9.17, 15) is 10.1 Å². The molecule has 8 bridgehead atoms. The van der Waals surface area contributed by atoms with Crippen LogP contribution in [0.1, 0.15) is 150 Å². The number of aromatic amines is 2. The lowest BCUT2D eigenvalue weighted by Gasteiger charge is -2.26. The van der Waals surface area contributed by atoms with Crippen LogP contribution < -0.4 is 4.90 Å². The van der Waals surface area contributed by atoms with Crippen molar-refractivity contribution in [2.75, 3.05) is 19.0 Å². The van der Waals surface area contributed by atoms with E-state index in [1.807, 2.05) is 38.4 Å². The van der Waals surface area contributed by atoms with Gasteiger partial charge in [-0.3, -0.25) is 10.1 Å². The van der Waals surface area contributed by atoms with E-state index in [1.165, 1.54) is 28.5 Å². The molecule has 0 amide bonds. The first-order valence-electron chi connectivity index (χ1n) is 24.7. The number of hydrogen-bond acceptors (Lipinski definition) is 7. The third kappa shape index (κ3) is 10.6. The molecular weight excluding hydrogens is 919 g/mol. The number of thiazole rings is 1. The Morgan fingerprint density at radius 1 is 0.521 bits per heavy atom. The highest BCUT2D eigenvalue weighted by atomic mass is 32.1. The number of anilines is 1. The maximum atomic E-state index is 11.7. The minimum Gasteiger partial charge on any atom is -0.378 e. The second-order valence-electron chi connectivity index (χ2n) is 23.3. The van der Waals surface area contributed by atoms with Crippen LogP contribution in [0, 0.1) is 33.8 Å². The highest BCUT2D eigenvalue weighted by Gasteiger charge is 2.26. The molecule has 4 aromatic heterocycles. The number of nitrogens with one attached hydrogen (secondary N) is 2. The Morgan fingerprint density at radius 2 is 0.932 bits per heavy atom. The maximum absolute atomic E-state index is 11.7. The van der Waals surface area contributed by atoms with Crippen LogP contribution in [0.2, 0.25) is 0 Å². The molecule has 7 aromatic rings. The number of nitrogens with zero attached hydrogens (tertiary/aromatic N) is 5. The van der Waals surface area contributed by atoms with Crippen LogP contribution in [0.25, 0.3) is 68.6 Å². The third-order valence-corrected chi connectivity index (χ3v) is 14.2. The minimum atomic E-state index is -0.443. The second kappa shape index (κ2) is 18.7. The SMILES string of the molecule is CN(C)c1ccc(C#Cc2c3ccc([nH]3)c(-c3cc(C(C)(C)C)cc(C(C)(C)C)c3)c3nc(c(C#Cc4ncc([N+](=O)[O-])s4)c4nc(c(-c5cc(C(C)(C)C)cc(C(C)(C)C)c5)c5ccc2[nH]5)C=C4)C=C3)cc1. The number of rotatable bonds is 4. The summed E-state index contributed by atoms with van der Waals surface area (Å²) >= 11 is 0.940. The Balaban J connectivity index is 1.45. The van der Waals surface area contributed by atoms with Gasteiger partial charge in [0, 0.05) is 47.5 Å². The third-order valence-electron chi connectivity index (χ3n) is 13.3. The van der Waals surface area contributed by atoms with Crippen LogP contribution in [-0.2, 0) is 21.7 Å². The molecule has 0 fully saturated rings. The Hall–Kier alpha value is -7.79. The van der Waals surface area contributed by atoms with Crippen molar-refractivity contribution in [3.8, 4) is 45.9 Å². The van der Waals surface area contributed by atoms with Gasteiger partial charge in [-0.25, -0.2) is 15.0 Å². The molecule has 2 aliphatic rings. The van der Waals surface area contributed by atoms with Crippen LogP contribution in [0.5, 0.6) is 0 Å². The van der Waals surface area contributed by atoms with Crippen molar-refractivity contribution in [1.29, 1.82) is 0 Å². The van der Waals surface area contributed by atoms with Gasteiger partial charge in [-0.15, -0.1) is 0 Å². The molecule has 6 heterocycles. The number of fused-ring (bicyclic) bond motifs is 8. The van der Waals surface area contributed by atoms with Crippen LogP contribution in [0.4, 0.5) is 10.7 Å². The summed E-state index contributed by atoms with van der Waals surface area (Å²) in [5, 5.41) is 12.0. The van der Waals surface area contributed by atoms with E-state index in [0.717, 1.165) is 83.9 Å². The predicted molar refractivity (Wildman–Crippen MR) is 306 cm³/mol. The molecule has 2 N–H and O–H groups in total. The Kier molecular flexibility index (Phi) is 12.8. The predicted octanol–water partition coefficient (Wildman–Crippen LogP) is 15.4. The largest absolute Gasteiger partial charge is 0.378 e. The van der Waals surface area contributed by atoms with Crippen molar-refractivity contribution in [3.05, 3.63) is 168 Å². The topological polar surface area (TPSA) is 117 Å². The summed E-state index contributed by atoms with van der Waals surface area (Å²) in [6, 6.07) is 30.6. The minimum absolute atomic E-state index is 0.0758. The molecule has 0 saturated carbocycles. The molecule has 0 unspecified atom stereocenters. The fourth-order valence-electron chi connectivity index (χ4n) is 8.85. The van der Waals surface area contributed by atoms with Crippen molar-refractivity contribution in [2.45, 2.75) is 105 Å². The molecule has 0 saturated heterocycles. The zero-order valence-corrected chi connectivity index (χ0v) is 45.2. The Morgan fingerprint density at radius 3 is 1.33 bits per heavy atom. The summed E-state index contributed by atoms with van der Waals surface area (Å²) < 4.78 is 0. The van der Waals surface area contributed by atoms with Gasteiger partial charge in [0.2, 0.25) is 0 Å². The van der Waals surface area contributed by atoms with E-state index >= 15 is 0 Å². The zero-order chi connectivity index (χ0) is 52.4. The molecule has 0 spiro atoms. The van der Waals surface area contributed by atoms with Gasteiger partial charge in [0.1, 0.15) is 6.20 Å². The van der Waals surface area contributed by atoms with Crippen LogP contribution in [-0.4, -0.2) is 43.9 Å². The van der Waals surface area contributed by atoms with Crippen molar-refractivity contribution < 1.29 is 4.92 Å². The lowest BCUT2D eigenvalue weighted by Crippen LogP contribution is -2.16. The Labute approximate surface area is 433 Å². The van der Waals surface area contributed by atoms with E-state index in [4.69, 9.17) is 9.97 Å². The molecule has 73 heavy (non-hydrogen) atoms. The standard InChI is InChI=1S/C63H63N7O2S/c1-60(2,3)41-31-39(32-42(35-41)61(4,5)6)58-52-26-22-48(65-52)46(20-17-38-15-18-45(19-16-38)69(13)14)49-23-27-53(66-49)59(40-33-43(62(7,8)9)36-44(34-40)63(10,11)12)55-29-25-51(68-55)47(50-24-28-54(58)67-50)21-30-56-64-37-57(73-56)70(71)72/h15-16,18-19,22-29,31-37,65-66H,1-14H3. The van der Waals surface area contributed by atoms with E-state index in [0.29, 0.717) is 22.0 Å². The van der Waals surface area contributed by atoms with Gasteiger partial charge in [0.25, 0.3) is 0 Å². The maximum Gasteiger partial charge on any atom is 0.344 e. The molecule has 3 aromatic carbocycles. The first kappa shape index (κ1) is 50.2. The van der Waals surface area contributed by atoms with Crippen molar-refractivity contribution >= 4 is 68.4 Å². The average molecular weight is 982 g/mol. The smallest absolute Gasteiger partial charge is 0.344 e. The summed E-state index contributed by atoms with van der Waals surface area (Å²) in [4.78, 5) is 36.3. The quantitative estimate of drug-likeness (QED) is 0.103. The Bertz CT molecular complexity index is 3490. The van der Waals surface area contributed by atoms with Gasteiger partial charge < -0.3 is 14.9 Å². The second-order valence-corrected chi connectivity index (χ2v) is 24.3. The summed E-state index contributed by atoms with van der Waals surface area (Å²) in [5.74, 6) is 13.7. The van der Waals surface area contributed by atoms with Gasteiger partial charge in [-0.05, 0) is 145 Å². The first-order chi connectivity index (χ1) is 34.3. The number of nitro groups is 1. The fourth-order valence-corrected chi connectivity index (χ4v) is 9.44. The molecule has 0 aliphatic carbocycles. The summed E-state index contributed by atoms with van der Waals surface area (Å²) in [6.45, 7) is 27.0. The van der Waals surface area contributed by atoms with E-state index in [2.05, 4.69) is 212 Å². The van der Waals surface area contributed by atoms with E-state index in [-0.39, 0.29) is 26.7 Å². The van der Waals surface area contributed by atoms with E-state index < -0.39 is 4.92 Å². The highest BCUT2D eigenvalue weighted by molar-refractivity contribution is 7.15. The molecule has 368 valence electrons. The lowest BCUT2D eigenvalue weighted by atomic mass is 9.78. The number of benzene rings is 3. The molecule has 0 atom stereocenters. The van der Waals surface area contributed by atoms with Crippen molar-refractivity contribution in [1.82, 2.24) is 24.9 Å². The van der Waals surface area contributed by atoms with Crippen molar-refractivity contribution in [3.63, 3.8) is 0 Å². The van der Waals surface area contributed by atoms with Gasteiger partial charge >= 0.3 is 5.00 Å². The summed E-state index contributed by atoms with van der Waals surface area (Å²) in [6.07, 6.45) is 9.33. The van der Waals surface area contributed by atoms with Gasteiger partial charge in [-0.2, -0.15) is 0 Å². The molecule has 2 aliphatic heterocycles. The first-order valence-corrected chi connectivity index (χ1v) is 25.5. The lowest BCUT2D eigenvalue weighted by molar-refractivity contribution is -0.380. The molecule has 9 rings (SSSR count). The zero-order valence-electron chi connectivity index (χ0n) is 44.4. The van der Waals surface area contributed by atoms with Crippen molar-refractivity contribution in [2.24, 2.45) is 0 Å². The number of hydrogen-bond donors (Lipinski definition) is 2. The molecule has 10 heteroatoms. The normalized spacial score (nSPS) is 12.6. The fraction of sp³-hybridized carbons (Fsp3) is 0.286. The molecular formula is C63H63N7O2S.